The van der Waals surface area contributed by atoms with E-state index in [1.54, 1.807) is 35.2 Å². The lowest BCUT2D eigenvalue weighted by Gasteiger charge is -2.31. The van der Waals surface area contributed by atoms with Crippen LogP contribution in [0.5, 0.6) is 0 Å². The molecule has 1 N–H and O–H groups in total. The van der Waals surface area contributed by atoms with E-state index in [4.69, 9.17) is 23.2 Å². The third-order valence-electron chi connectivity index (χ3n) is 4.87. The highest BCUT2D eigenvalue weighted by Crippen LogP contribution is 2.28. The van der Waals surface area contributed by atoms with Crippen LogP contribution in [-0.4, -0.2) is 35.1 Å². The summed E-state index contributed by atoms with van der Waals surface area (Å²) in [4.78, 5) is 27.6. The average molecular weight is 499 g/mol. The quantitative estimate of drug-likeness (QED) is 0.416. The second kappa shape index (κ2) is 13.1. The zero-order chi connectivity index (χ0) is 23.7. The fourth-order valence-electron chi connectivity index (χ4n) is 3.12. The Morgan fingerprint density at radius 3 is 2.28 bits per heavy atom. The van der Waals surface area contributed by atoms with Crippen LogP contribution in [0.25, 0.3) is 0 Å². The first-order valence-electron chi connectivity index (χ1n) is 10.5. The number of nitrogens with one attached hydrogen (secondary N) is 1. The average Bonchev–Trinajstić information content (AvgIpc) is 2.75. The Morgan fingerprint density at radius 1 is 1.09 bits per heavy atom. The number of nitrogens with zero attached hydrogens (tertiary/aromatic N) is 1. The minimum Gasteiger partial charge on any atom is -0.354 e. The van der Waals surface area contributed by atoms with E-state index in [1.165, 1.54) is 23.9 Å². The number of thioether (sulfide) groups is 1. The number of rotatable bonds is 11. The van der Waals surface area contributed by atoms with Crippen LogP contribution in [-0.2, 0) is 21.9 Å². The molecule has 0 aliphatic heterocycles. The van der Waals surface area contributed by atoms with Crippen LogP contribution in [0, 0.1) is 11.7 Å². The molecule has 0 aliphatic rings. The molecule has 2 aromatic rings. The van der Waals surface area contributed by atoms with Gasteiger partial charge in [-0.2, -0.15) is 0 Å². The van der Waals surface area contributed by atoms with Crippen LogP contribution in [0.1, 0.15) is 38.3 Å². The largest absolute Gasteiger partial charge is 0.354 e. The summed E-state index contributed by atoms with van der Waals surface area (Å²) in [6.45, 7) is 6.66. The monoisotopic (exact) mass is 498 g/mol. The van der Waals surface area contributed by atoms with Gasteiger partial charge in [0.05, 0.1) is 5.75 Å². The molecular formula is C24H29Cl2FN2O2S. The van der Waals surface area contributed by atoms with Gasteiger partial charge in [0.2, 0.25) is 11.8 Å². The summed E-state index contributed by atoms with van der Waals surface area (Å²) in [6, 6.07) is 10.6. The number of hydrogen-bond acceptors (Lipinski definition) is 3. The number of amides is 2. The lowest BCUT2D eigenvalue weighted by atomic mass is 10.1. The molecule has 1 atom stereocenters. The topological polar surface area (TPSA) is 49.4 Å². The van der Waals surface area contributed by atoms with Gasteiger partial charge in [-0.1, -0.05) is 62.2 Å². The Morgan fingerprint density at radius 2 is 1.72 bits per heavy atom. The van der Waals surface area contributed by atoms with E-state index in [-0.39, 0.29) is 29.9 Å². The van der Waals surface area contributed by atoms with E-state index in [1.807, 2.05) is 20.8 Å². The van der Waals surface area contributed by atoms with Crippen LogP contribution in [0.2, 0.25) is 10.0 Å². The summed E-state index contributed by atoms with van der Waals surface area (Å²) in [7, 11) is 0. The summed E-state index contributed by atoms with van der Waals surface area (Å²) in [5.41, 5.74) is 1.54. The Balaban J connectivity index is 2.15. The smallest absolute Gasteiger partial charge is 0.242 e. The minimum absolute atomic E-state index is 0.163. The van der Waals surface area contributed by atoms with Crippen LogP contribution in [0.15, 0.2) is 42.5 Å². The first kappa shape index (κ1) is 26.5. The predicted molar refractivity (Wildman–Crippen MR) is 132 cm³/mol. The van der Waals surface area contributed by atoms with Crippen molar-refractivity contribution in [2.45, 2.75) is 45.5 Å². The standard InChI is InChI=1S/C24H29Cl2FN2O2S/c1-4-22(24(31)28-12-16(2)3)29(13-17-8-10-18(27)11-9-17)23(30)15-32-14-19-20(25)6-5-7-21(19)26/h5-11,16,22H,4,12-15H2,1-3H3,(H,28,31)/t22-/m0/s1. The van der Waals surface area contributed by atoms with Crippen molar-refractivity contribution in [2.75, 3.05) is 12.3 Å². The fourth-order valence-corrected chi connectivity index (χ4v) is 4.77. The molecule has 0 unspecified atom stereocenters. The molecule has 32 heavy (non-hydrogen) atoms. The van der Waals surface area contributed by atoms with Crippen molar-refractivity contribution in [1.29, 1.82) is 0 Å². The maximum atomic E-state index is 13.3. The van der Waals surface area contributed by atoms with Crippen LogP contribution < -0.4 is 5.32 Å². The number of hydrogen-bond donors (Lipinski definition) is 1. The molecule has 2 aromatic carbocycles. The van der Waals surface area contributed by atoms with E-state index in [2.05, 4.69) is 5.32 Å². The van der Waals surface area contributed by atoms with Gasteiger partial charge < -0.3 is 10.2 Å². The lowest BCUT2D eigenvalue weighted by Crippen LogP contribution is -2.50. The second-order valence-electron chi connectivity index (χ2n) is 7.90. The van der Waals surface area contributed by atoms with Crippen molar-refractivity contribution in [3.8, 4) is 0 Å². The van der Waals surface area contributed by atoms with Crippen molar-refractivity contribution < 1.29 is 14.0 Å². The molecule has 0 bridgehead atoms. The van der Waals surface area contributed by atoms with Gasteiger partial charge in [0.1, 0.15) is 11.9 Å². The van der Waals surface area contributed by atoms with Crippen molar-refractivity contribution in [2.24, 2.45) is 5.92 Å². The summed E-state index contributed by atoms with van der Waals surface area (Å²) in [5.74, 6) is 0.237. The van der Waals surface area contributed by atoms with E-state index >= 15 is 0 Å². The molecule has 0 aromatic heterocycles. The molecule has 174 valence electrons. The first-order valence-corrected chi connectivity index (χ1v) is 12.5. The summed E-state index contributed by atoms with van der Waals surface area (Å²) < 4.78 is 13.3. The van der Waals surface area contributed by atoms with Crippen molar-refractivity contribution >= 4 is 46.8 Å². The summed E-state index contributed by atoms with van der Waals surface area (Å²) >= 11 is 13.8. The van der Waals surface area contributed by atoms with Crippen LogP contribution in [0.4, 0.5) is 4.39 Å². The molecule has 2 rings (SSSR count). The van der Waals surface area contributed by atoms with Gasteiger partial charge in [-0.25, -0.2) is 4.39 Å². The second-order valence-corrected chi connectivity index (χ2v) is 9.70. The Hall–Kier alpha value is -1.76. The molecule has 0 fully saturated rings. The zero-order valence-corrected chi connectivity index (χ0v) is 20.9. The van der Waals surface area contributed by atoms with Gasteiger partial charge in [0, 0.05) is 28.9 Å². The van der Waals surface area contributed by atoms with Gasteiger partial charge in [0.15, 0.2) is 0 Å². The maximum Gasteiger partial charge on any atom is 0.242 e. The Bertz CT molecular complexity index is 889. The number of carbonyl (C=O) groups is 2. The van der Waals surface area contributed by atoms with E-state index < -0.39 is 6.04 Å². The molecule has 0 radical (unpaired) electrons. The van der Waals surface area contributed by atoms with Gasteiger partial charge in [-0.15, -0.1) is 11.8 Å². The SMILES string of the molecule is CC[C@@H](C(=O)NCC(C)C)N(Cc1ccc(F)cc1)C(=O)CSCc1c(Cl)cccc1Cl. The molecule has 0 spiro atoms. The molecule has 0 saturated carbocycles. The van der Waals surface area contributed by atoms with Crippen molar-refractivity contribution in [3.05, 3.63) is 69.5 Å². The third kappa shape index (κ3) is 7.98. The normalized spacial score (nSPS) is 12.0. The lowest BCUT2D eigenvalue weighted by molar-refractivity contribution is -0.139. The molecule has 0 saturated heterocycles. The van der Waals surface area contributed by atoms with E-state index in [0.717, 1.165) is 11.1 Å². The first-order chi connectivity index (χ1) is 15.2. The summed E-state index contributed by atoms with van der Waals surface area (Å²) in [6.07, 6.45) is 0.470. The molecule has 0 aliphatic carbocycles. The van der Waals surface area contributed by atoms with E-state index in [0.29, 0.717) is 34.7 Å². The molecule has 8 heteroatoms. The van der Waals surface area contributed by atoms with Gasteiger partial charge >= 0.3 is 0 Å². The maximum absolute atomic E-state index is 13.3. The van der Waals surface area contributed by atoms with Gasteiger partial charge in [0.25, 0.3) is 0 Å². The van der Waals surface area contributed by atoms with Crippen LogP contribution in [0.3, 0.4) is 0 Å². The van der Waals surface area contributed by atoms with Gasteiger partial charge in [-0.05, 0) is 47.7 Å². The molecule has 4 nitrogen and oxygen atoms in total. The van der Waals surface area contributed by atoms with Crippen molar-refractivity contribution in [1.82, 2.24) is 10.2 Å². The molecule has 2 amide bonds. The van der Waals surface area contributed by atoms with Gasteiger partial charge in [-0.3, -0.25) is 9.59 Å². The number of halogens is 3. The number of carbonyl (C=O) groups excluding carboxylic acids is 2. The summed E-state index contributed by atoms with van der Waals surface area (Å²) in [5, 5.41) is 4.04. The fraction of sp³-hybridized carbons (Fsp3) is 0.417. The molecule has 0 heterocycles. The molecular weight excluding hydrogens is 470 g/mol. The Kier molecular flexibility index (Phi) is 10.8. The highest BCUT2D eigenvalue weighted by atomic mass is 35.5. The highest BCUT2D eigenvalue weighted by molar-refractivity contribution is 7.99. The third-order valence-corrected chi connectivity index (χ3v) is 6.52. The zero-order valence-electron chi connectivity index (χ0n) is 18.5. The van der Waals surface area contributed by atoms with Crippen LogP contribution >= 0.6 is 35.0 Å². The number of benzene rings is 2. The van der Waals surface area contributed by atoms with E-state index in [9.17, 15) is 14.0 Å². The Labute approximate surface area is 203 Å². The van der Waals surface area contributed by atoms with Crippen molar-refractivity contribution in [3.63, 3.8) is 0 Å². The predicted octanol–water partition coefficient (Wildman–Crippen LogP) is 5.95. The minimum atomic E-state index is -0.615. The highest BCUT2D eigenvalue weighted by Gasteiger charge is 2.28.